The maximum absolute atomic E-state index is 12.0. The molecule has 0 unspecified atom stereocenters. The van der Waals surface area contributed by atoms with E-state index >= 15 is 0 Å². The predicted molar refractivity (Wildman–Crippen MR) is 98.1 cm³/mol. The number of amides is 1. The first-order valence-electron chi connectivity index (χ1n) is 6.34. The van der Waals surface area contributed by atoms with E-state index in [0.717, 1.165) is 24.7 Å². The smallest absolute Gasteiger partial charge is 0.234 e. The number of hydrogen-bond acceptors (Lipinski definition) is 4. The van der Waals surface area contributed by atoms with Gasteiger partial charge in [-0.2, -0.15) is 0 Å². The molecule has 0 aliphatic rings. The van der Waals surface area contributed by atoms with Crippen LogP contribution in [0.4, 0.5) is 5.69 Å². The number of thiazole rings is 1. The van der Waals surface area contributed by atoms with Gasteiger partial charge in [-0.1, -0.05) is 39.3 Å². The molecule has 1 heterocycles. The first-order valence-corrected chi connectivity index (χ1v) is 9.32. The fraction of sp³-hybridized carbons (Fsp3) is 0.0667. The van der Waals surface area contributed by atoms with Gasteiger partial charge in [0.25, 0.3) is 0 Å². The van der Waals surface area contributed by atoms with Crippen molar-refractivity contribution in [1.29, 1.82) is 0 Å². The van der Waals surface area contributed by atoms with E-state index in [0.29, 0.717) is 10.8 Å². The van der Waals surface area contributed by atoms with Crippen LogP contribution in [0, 0.1) is 0 Å². The van der Waals surface area contributed by atoms with Gasteiger partial charge in [-0.3, -0.25) is 4.79 Å². The summed E-state index contributed by atoms with van der Waals surface area (Å²) in [6.07, 6.45) is 0. The third-order valence-electron chi connectivity index (χ3n) is 2.78. The lowest BCUT2D eigenvalue weighted by atomic mass is 10.3. The van der Waals surface area contributed by atoms with Crippen molar-refractivity contribution in [3.63, 3.8) is 0 Å². The summed E-state index contributed by atoms with van der Waals surface area (Å²) in [5.74, 6) is 0.272. The summed E-state index contributed by atoms with van der Waals surface area (Å²) in [5, 5.41) is 3.53. The van der Waals surface area contributed by atoms with Gasteiger partial charge in [-0.05, 0) is 42.5 Å². The molecule has 1 amide bonds. The molecule has 3 rings (SSSR count). The van der Waals surface area contributed by atoms with Crippen LogP contribution in [-0.2, 0) is 4.79 Å². The monoisotopic (exact) mass is 412 g/mol. The number of fused-ring (bicyclic) bond motifs is 1. The van der Waals surface area contributed by atoms with Crippen molar-refractivity contribution in [2.45, 2.75) is 4.34 Å². The van der Waals surface area contributed by atoms with Crippen LogP contribution >= 0.6 is 50.6 Å². The number of nitrogens with zero attached hydrogens (tertiary/aromatic N) is 1. The van der Waals surface area contributed by atoms with Gasteiger partial charge in [-0.15, -0.1) is 11.3 Å². The van der Waals surface area contributed by atoms with Crippen molar-refractivity contribution in [3.05, 3.63) is 52.0 Å². The molecular formula is C15H10BrClN2OS2. The zero-order valence-corrected chi connectivity index (χ0v) is 15.2. The Labute approximate surface area is 149 Å². The molecule has 0 aliphatic carbocycles. The highest BCUT2D eigenvalue weighted by Crippen LogP contribution is 2.31. The molecule has 1 aromatic heterocycles. The van der Waals surface area contributed by atoms with E-state index in [-0.39, 0.29) is 5.91 Å². The Morgan fingerprint density at radius 1 is 1.27 bits per heavy atom. The van der Waals surface area contributed by atoms with Gasteiger partial charge in [0.1, 0.15) is 0 Å². The fourth-order valence-electron chi connectivity index (χ4n) is 1.80. The van der Waals surface area contributed by atoms with Crippen molar-refractivity contribution < 1.29 is 4.79 Å². The second-order valence-corrected chi connectivity index (χ2v) is 8.04. The Hall–Kier alpha value is -1.08. The number of benzene rings is 2. The Bertz CT molecular complexity index is 820. The molecule has 22 heavy (non-hydrogen) atoms. The van der Waals surface area contributed by atoms with Crippen molar-refractivity contribution in [2.75, 3.05) is 11.1 Å². The van der Waals surface area contributed by atoms with Crippen LogP contribution in [0.5, 0.6) is 0 Å². The minimum absolute atomic E-state index is 0.0513. The second kappa shape index (κ2) is 7.00. The van der Waals surface area contributed by atoms with Crippen LogP contribution in [0.2, 0.25) is 5.02 Å². The molecule has 0 saturated heterocycles. The van der Waals surface area contributed by atoms with Crippen molar-refractivity contribution in [1.82, 2.24) is 4.98 Å². The molecule has 0 aliphatic heterocycles. The lowest BCUT2D eigenvalue weighted by molar-refractivity contribution is -0.113. The molecule has 112 valence electrons. The molecular weight excluding hydrogens is 404 g/mol. The summed E-state index contributed by atoms with van der Waals surface area (Å²) in [6.45, 7) is 0. The highest BCUT2D eigenvalue weighted by molar-refractivity contribution is 9.10. The molecule has 3 aromatic rings. The molecule has 0 radical (unpaired) electrons. The molecule has 1 N–H and O–H groups in total. The predicted octanol–water partition coefficient (Wildman–Crippen LogP) is 5.44. The Balaban J connectivity index is 1.61. The van der Waals surface area contributed by atoms with Gasteiger partial charge < -0.3 is 5.32 Å². The van der Waals surface area contributed by atoms with E-state index < -0.39 is 0 Å². The van der Waals surface area contributed by atoms with Gasteiger partial charge in [0.2, 0.25) is 5.91 Å². The zero-order valence-electron chi connectivity index (χ0n) is 11.2. The summed E-state index contributed by atoms with van der Waals surface area (Å²) in [5.41, 5.74) is 1.65. The Morgan fingerprint density at radius 2 is 2.05 bits per heavy atom. The Morgan fingerprint density at radius 3 is 2.82 bits per heavy atom. The summed E-state index contributed by atoms with van der Waals surface area (Å²) < 4.78 is 2.91. The van der Waals surface area contributed by atoms with Gasteiger partial charge >= 0.3 is 0 Å². The minimum atomic E-state index is -0.0513. The van der Waals surface area contributed by atoms with Gasteiger partial charge in [0, 0.05) is 15.2 Å². The van der Waals surface area contributed by atoms with Gasteiger partial charge in [0.15, 0.2) is 4.34 Å². The van der Waals surface area contributed by atoms with E-state index in [9.17, 15) is 4.79 Å². The van der Waals surface area contributed by atoms with Crippen molar-refractivity contribution in [2.24, 2.45) is 0 Å². The minimum Gasteiger partial charge on any atom is -0.325 e. The molecule has 0 saturated carbocycles. The number of thioether (sulfide) groups is 1. The lowest BCUT2D eigenvalue weighted by Gasteiger charge is -2.03. The average molecular weight is 414 g/mol. The highest BCUT2D eigenvalue weighted by Gasteiger charge is 2.08. The van der Waals surface area contributed by atoms with Crippen LogP contribution in [0.25, 0.3) is 10.2 Å². The molecule has 2 aromatic carbocycles. The third kappa shape index (κ3) is 4.01. The standard InChI is InChI=1S/C15H10BrClN2OS2/c16-9-1-4-11(5-2-9)18-14(20)8-21-15-19-12-7-10(17)3-6-13(12)22-15/h1-7H,8H2,(H,18,20). The number of anilines is 1. The van der Waals surface area contributed by atoms with Gasteiger partial charge in [-0.25, -0.2) is 4.98 Å². The summed E-state index contributed by atoms with van der Waals surface area (Å²) in [6, 6.07) is 13.1. The van der Waals surface area contributed by atoms with Crippen LogP contribution in [0.3, 0.4) is 0 Å². The summed E-state index contributed by atoms with van der Waals surface area (Å²) in [7, 11) is 0. The number of hydrogen-bond donors (Lipinski definition) is 1. The normalized spacial score (nSPS) is 10.8. The number of carbonyl (C=O) groups is 1. The van der Waals surface area contributed by atoms with Crippen LogP contribution in [-0.4, -0.2) is 16.6 Å². The fourth-order valence-corrected chi connectivity index (χ4v) is 4.08. The van der Waals surface area contributed by atoms with Crippen LogP contribution in [0.1, 0.15) is 0 Å². The molecule has 7 heteroatoms. The first kappa shape index (κ1) is 15.8. The van der Waals surface area contributed by atoms with Gasteiger partial charge in [0.05, 0.1) is 16.0 Å². The molecule has 0 spiro atoms. The number of halogens is 2. The summed E-state index contributed by atoms with van der Waals surface area (Å²) in [4.78, 5) is 16.4. The average Bonchev–Trinajstić information content (AvgIpc) is 2.89. The molecule has 0 fully saturated rings. The maximum atomic E-state index is 12.0. The molecule has 0 bridgehead atoms. The van der Waals surface area contributed by atoms with Crippen molar-refractivity contribution >= 4 is 72.4 Å². The van der Waals surface area contributed by atoms with E-state index in [1.165, 1.54) is 11.8 Å². The summed E-state index contributed by atoms with van der Waals surface area (Å²) >= 11 is 12.3. The van der Waals surface area contributed by atoms with E-state index in [4.69, 9.17) is 11.6 Å². The van der Waals surface area contributed by atoms with Crippen molar-refractivity contribution in [3.8, 4) is 0 Å². The van der Waals surface area contributed by atoms with E-state index in [1.54, 1.807) is 11.3 Å². The van der Waals surface area contributed by atoms with E-state index in [1.807, 2.05) is 42.5 Å². The first-order chi connectivity index (χ1) is 10.6. The zero-order chi connectivity index (χ0) is 15.5. The highest BCUT2D eigenvalue weighted by atomic mass is 79.9. The maximum Gasteiger partial charge on any atom is 0.234 e. The van der Waals surface area contributed by atoms with Crippen LogP contribution < -0.4 is 5.32 Å². The second-order valence-electron chi connectivity index (χ2n) is 4.44. The van der Waals surface area contributed by atoms with E-state index in [2.05, 4.69) is 26.2 Å². The van der Waals surface area contributed by atoms with Crippen LogP contribution in [0.15, 0.2) is 51.3 Å². The topological polar surface area (TPSA) is 42.0 Å². The molecule has 3 nitrogen and oxygen atoms in total. The number of rotatable bonds is 4. The molecule has 0 atom stereocenters. The number of carbonyl (C=O) groups excluding carboxylic acids is 1. The lowest BCUT2D eigenvalue weighted by Crippen LogP contribution is -2.13. The Kier molecular flexibility index (Phi) is 5.03. The largest absolute Gasteiger partial charge is 0.325 e. The number of nitrogens with one attached hydrogen (secondary N) is 1. The number of aromatic nitrogens is 1. The SMILES string of the molecule is O=C(CSc1nc2cc(Cl)ccc2s1)Nc1ccc(Br)cc1. The third-order valence-corrected chi connectivity index (χ3v) is 5.73. The quantitative estimate of drug-likeness (QED) is 0.579.